The number of esters is 4. The van der Waals surface area contributed by atoms with E-state index in [1.54, 1.807) is 13.8 Å². The van der Waals surface area contributed by atoms with Crippen LogP contribution in [-0.4, -0.2) is 64.3 Å². The van der Waals surface area contributed by atoms with Crippen LogP contribution in [0.25, 0.3) is 0 Å². The van der Waals surface area contributed by atoms with Gasteiger partial charge in [-0.25, -0.2) is 4.79 Å². The lowest BCUT2D eigenvalue weighted by molar-refractivity contribution is -0.225. The molecule has 0 spiro atoms. The Bertz CT molecular complexity index is 1700. The topological polar surface area (TPSA) is 142 Å². The Balaban J connectivity index is 0.000000167. The van der Waals surface area contributed by atoms with Crippen LogP contribution < -0.4 is 0 Å². The van der Waals surface area contributed by atoms with Crippen LogP contribution in [0, 0.1) is 62.6 Å². The van der Waals surface area contributed by atoms with Gasteiger partial charge < -0.3 is 24.1 Å². The van der Waals surface area contributed by atoms with E-state index in [0.29, 0.717) is 60.7 Å². The molecule has 352 valence electrons. The summed E-state index contributed by atoms with van der Waals surface area (Å²) >= 11 is 0. The van der Waals surface area contributed by atoms with Crippen LogP contribution in [0.5, 0.6) is 0 Å². The molecule has 10 heteroatoms. The van der Waals surface area contributed by atoms with Gasteiger partial charge in [-0.05, 0) is 186 Å². The van der Waals surface area contributed by atoms with Crippen molar-refractivity contribution in [1.82, 2.24) is 0 Å². The first-order valence-corrected chi connectivity index (χ1v) is 24.8. The van der Waals surface area contributed by atoms with Crippen LogP contribution in [0.1, 0.15) is 205 Å². The number of ether oxygens (including phenoxy) is 4. The Morgan fingerprint density at radius 2 is 1.27 bits per heavy atom. The molecule has 8 saturated carbocycles. The van der Waals surface area contributed by atoms with Gasteiger partial charge in [0.25, 0.3) is 0 Å². The standard InChI is InChI=1S/C26H42O3.C16H26O3.C10H16O4/c1-7-23(2,3)22(28)29-26(6)15-12-21-19-9-8-17-16-18(27)10-13-24(17,4)20(19)11-14-25(21,26)5;1-4-14(2,3)13(17)19-16-8-11-5-12(9-16)7-15(18,6-11)10-16;1-4-10(2,3)9(12)14-7-5-6-13-8(7)11/h17,19-21H,7-16H2,1-6H3;11-12,18H,4-10H2,1-3H3;7H,4-6H2,1-3H3/t17?,19?,20-,21-,24-,25-,26?;;/m0../s1. The first-order valence-electron chi connectivity index (χ1n) is 24.8. The molecule has 10 nitrogen and oxygen atoms in total. The van der Waals surface area contributed by atoms with Crippen molar-refractivity contribution in [3.05, 3.63) is 0 Å². The number of ketones is 1. The summed E-state index contributed by atoms with van der Waals surface area (Å²) in [5.41, 5.74) is -2.17. The minimum absolute atomic E-state index is 0.0204. The summed E-state index contributed by atoms with van der Waals surface area (Å²) in [5.74, 6) is 3.49. The van der Waals surface area contributed by atoms with Gasteiger partial charge >= 0.3 is 23.9 Å². The van der Waals surface area contributed by atoms with Crippen LogP contribution in [0.2, 0.25) is 0 Å². The number of aliphatic hydroxyl groups is 1. The lowest BCUT2D eigenvalue weighted by atomic mass is 9.44. The Morgan fingerprint density at radius 3 is 1.82 bits per heavy atom. The summed E-state index contributed by atoms with van der Waals surface area (Å²) < 4.78 is 22.1. The number of Topliss-reactive ketones (excluding diaryl/α,β-unsaturated/α-hetero) is 1. The Kier molecular flexibility index (Phi) is 13.7. The van der Waals surface area contributed by atoms with E-state index in [-0.39, 0.29) is 34.5 Å². The van der Waals surface area contributed by atoms with Gasteiger partial charge in [-0.2, -0.15) is 0 Å². The lowest BCUT2D eigenvalue weighted by Crippen LogP contribution is -2.61. The zero-order valence-electron chi connectivity index (χ0n) is 40.8. The molecular weight excluding hydrogens is 785 g/mol. The van der Waals surface area contributed by atoms with Crippen LogP contribution in [0.3, 0.4) is 0 Å². The van der Waals surface area contributed by atoms with E-state index in [0.717, 1.165) is 82.5 Å². The van der Waals surface area contributed by atoms with Crippen LogP contribution >= 0.6 is 0 Å². The van der Waals surface area contributed by atoms with E-state index in [2.05, 4.69) is 27.7 Å². The van der Waals surface area contributed by atoms with Gasteiger partial charge in [0.15, 0.2) is 0 Å². The fourth-order valence-corrected chi connectivity index (χ4v) is 13.7. The fourth-order valence-electron chi connectivity index (χ4n) is 13.7. The van der Waals surface area contributed by atoms with Gasteiger partial charge in [-0.3, -0.25) is 19.2 Å². The normalized spacial score (nSPS) is 40.6. The van der Waals surface area contributed by atoms with Crippen molar-refractivity contribution >= 4 is 29.7 Å². The molecule has 1 heterocycles. The van der Waals surface area contributed by atoms with Gasteiger partial charge in [-0.15, -0.1) is 0 Å². The summed E-state index contributed by atoms with van der Waals surface area (Å²) in [4.78, 5) is 60.0. The second-order valence-corrected chi connectivity index (χ2v) is 24.3. The monoisotopic (exact) mass is 869 g/mol. The number of carbonyl (C=O) groups excluding carboxylic acids is 5. The van der Waals surface area contributed by atoms with Crippen molar-refractivity contribution in [3.8, 4) is 0 Å². The van der Waals surface area contributed by atoms with Crippen molar-refractivity contribution < 1.29 is 48.0 Å². The molecule has 9 fully saturated rings. The van der Waals surface area contributed by atoms with Gasteiger partial charge in [0.05, 0.1) is 28.5 Å². The van der Waals surface area contributed by atoms with E-state index >= 15 is 0 Å². The second kappa shape index (κ2) is 17.4. The van der Waals surface area contributed by atoms with Crippen molar-refractivity contribution in [3.63, 3.8) is 0 Å². The molecule has 0 aromatic rings. The largest absolute Gasteiger partial charge is 0.463 e. The number of fused-ring (bicyclic) bond motifs is 5. The molecule has 8 aliphatic carbocycles. The maximum absolute atomic E-state index is 13.0. The third kappa shape index (κ3) is 9.30. The number of rotatable bonds is 9. The van der Waals surface area contributed by atoms with Crippen LogP contribution in [-0.2, 0) is 42.9 Å². The third-order valence-electron chi connectivity index (χ3n) is 19.1. The van der Waals surface area contributed by atoms with E-state index in [4.69, 9.17) is 18.9 Å². The molecule has 9 aliphatic rings. The highest BCUT2D eigenvalue weighted by Crippen LogP contribution is 2.69. The first kappa shape index (κ1) is 49.0. The Labute approximate surface area is 373 Å². The molecule has 6 unspecified atom stereocenters. The number of carbonyl (C=O) groups is 5. The second-order valence-electron chi connectivity index (χ2n) is 24.3. The third-order valence-corrected chi connectivity index (χ3v) is 19.1. The molecule has 1 N–H and O–H groups in total. The lowest BCUT2D eigenvalue weighted by Gasteiger charge is -2.61. The average molecular weight is 869 g/mol. The SMILES string of the molecule is CCC(C)(C)C(=O)OC1(C)CC[C@H]2C3CCC4CC(=O)CC[C@]4(C)[C@H]3CC[C@@]21C.CCC(C)(C)C(=O)OC12CC3CC(CC(O)(C3)C1)C2.CCC(C)(C)C(=O)OC1CCOC1=O. The smallest absolute Gasteiger partial charge is 0.347 e. The molecule has 0 radical (unpaired) electrons. The maximum Gasteiger partial charge on any atom is 0.347 e. The van der Waals surface area contributed by atoms with Crippen molar-refractivity contribution in [2.75, 3.05) is 6.61 Å². The Hall–Kier alpha value is -2.49. The van der Waals surface area contributed by atoms with Crippen molar-refractivity contribution in [2.24, 2.45) is 62.6 Å². The van der Waals surface area contributed by atoms with Crippen LogP contribution in [0.4, 0.5) is 0 Å². The highest BCUT2D eigenvalue weighted by atomic mass is 16.6. The van der Waals surface area contributed by atoms with E-state index in [1.807, 2.05) is 41.5 Å². The zero-order chi connectivity index (χ0) is 45.9. The summed E-state index contributed by atoms with van der Waals surface area (Å²) in [7, 11) is 0. The van der Waals surface area contributed by atoms with E-state index < -0.39 is 33.9 Å². The summed E-state index contributed by atoms with van der Waals surface area (Å²) in [6.07, 6.45) is 17.5. The average Bonchev–Trinajstić information content (AvgIpc) is 3.72. The van der Waals surface area contributed by atoms with Crippen molar-refractivity contribution in [1.29, 1.82) is 0 Å². The number of hydrogen-bond donors (Lipinski definition) is 1. The molecule has 10 atom stereocenters. The van der Waals surface area contributed by atoms with Crippen LogP contribution in [0.15, 0.2) is 0 Å². The zero-order valence-corrected chi connectivity index (χ0v) is 40.8. The van der Waals surface area contributed by atoms with Gasteiger partial charge in [0.1, 0.15) is 17.0 Å². The molecule has 4 bridgehead atoms. The Morgan fingerprint density at radius 1 is 0.710 bits per heavy atom. The number of cyclic esters (lactones) is 1. The van der Waals surface area contributed by atoms with Gasteiger partial charge in [0, 0.05) is 31.1 Å². The molecule has 0 amide bonds. The predicted octanol–water partition coefficient (Wildman–Crippen LogP) is 10.7. The summed E-state index contributed by atoms with van der Waals surface area (Å²) in [5, 5.41) is 10.6. The predicted molar refractivity (Wildman–Crippen MR) is 237 cm³/mol. The molecule has 0 aromatic heterocycles. The molecule has 62 heavy (non-hydrogen) atoms. The molecule has 1 aliphatic heterocycles. The molecule has 0 aromatic carbocycles. The molecular formula is C52H84O10. The van der Waals surface area contributed by atoms with E-state index in [1.165, 1.54) is 32.1 Å². The fraction of sp³-hybridized carbons (Fsp3) is 0.904. The first-order chi connectivity index (χ1) is 28.7. The quantitative estimate of drug-likeness (QED) is 0.176. The van der Waals surface area contributed by atoms with Gasteiger partial charge in [-0.1, -0.05) is 34.6 Å². The molecule has 9 rings (SSSR count). The minimum Gasteiger partial charge on any atom is -0.463 e. The summed E-state index contributed by atoms with van der Waals surface area (Å²) in [6, 6.07) is 0. The van der Waals surface area contributed by atoms with E-state index in [9.17, 15) is 29.1 Å². The molecule has 1 saturated heterocycles. The van der Waals surface area contributed by atoms with Gasteiger partial charge in [0.2, 0.25) is 6.10 Å². The summed E-state index contributed by atoms with van der Waals surface area (Å²) in [6.45, 7) is 25.0. The highest BCUT2D eigenvalue weighted by Gasteiger charge is 2.65. The minimum atomic E-state index is -0.687. The van der Waals surface area contributed by atoms with Crippen molar-refractivity contribution in [2.45, 2.75) is 228 Å². The number of hydrogen-bond acceptors (Lipinski definition) is 10. The highest BCUT2D eigenvalue weighted by molar-refractivity contribution is 5.83. The maximum atomic E-state index is 13.0.